The fraction of sp³-hybridized carbons (Fsp3) is 0.692. The van der Waals surface area contributed by atoms with Crippen LogP contribution in [-0.2, 0) is 16.6 Å². The summed E-state index contributed by atoms with van der Waals surface area (Å²) in [5.74, 6) is 0.606. The number of nitrogens with one attached hydrogen (secondary N) is 2. The van der Waals surface area contributed by atoms with Crippen LogP contribution in [0.15, 0.2) is 21.6 Å². The lowest BCUT2D eigenvalue weighted by Crippen LogP contribution is -2.35. The molecule has 1 heterocycles. The summed E-state index contributed by atoms with van der Waals surface area (Å²) in [6.45, 7) is 7.68. The molecule has 0 saturated heterocycles. The monoisotopic (exact) mass is 303 g/mol. The van der Waals surface area contributed by atoms with E-state index in [0.29, 0.717) is 25.4 Å². The van der Waals surface area contributed by atoms with Crippen LogP contribution in [-0.4, -0.2) is 46.5 Å². The first kappa shape index (κ1) is 17.2. The zero-order valence-electron chi connectivity index (χ0n) is 12.5. The minimum absolute atomic E-state index is 0.0266. The molecule has 0 radical (unpaired) electrons. The molecule has 0 unspecified atom stereocenters. The van der Waals surface area contributed by atoms with Crippen molar-refractivity contribution in [3.8, 4) is 0 Å². The SMILES string of the molecule is CCCN(CC)CCNS(=O)(=O)c1ccc(CNC)o1. The number of sulfonamides is 1. The molecule has 20 heavy (non-hydrogen) atoms. The van der Waals surface area contributed by atoms with Crippen molar-refractivity contribution in [2.75, 3.05) is 33.2 Å². The average molecular weight is 303 g/mol. The van der Waals surface area contributed by atoms with Gasteiger partial charge in [0.25, 0.3) is 10.0 Å². The molecule has 1 aromatic rings. The molecule has 0 amide bonds. The van der Waals surface area contributed by atoms with Crippen LogP contribution < -0.4 is 10.0 Å². The minimum atomic E-state index is -3.55. The van der Waals surface area contributed by atoms with E-state index in [2.05, 4.69) is 28.8 Å². The second-order valence-corrected chi connectivity index (χ2v) is 6.28. The van der Waals surface area contributed by atoms with Gasteiger partial charge in [-0.05, 0) is 38.7 Å². The number of hydrogen-bond donors (Lipinski definition) is 2. The van der Waals surface area contributed by atoms with E-state index in [0.717, 1.165) is 19.5 Å². The number of rotatable bonds is 10. The Labute approximate surface area is 121 Å². The predicted molar refractivity (Wildman–Crippen MR) is 79.1 cm³/mol. The summed E-state index contributed by atoms with van der Waals surface area (Å²) in [4.78, 5) is 2.21. The lowest BCUT2D eigenvalue weighted by molar-refractivity contribution is 0.293. The molecule has 0 spiro atoms. The molecular formula is C13H25N3O3S. The first-order valence-corrected chi connectivity index (χ1v) is 8.47. The van der Waals surface area contributed by atoms with Crippen molar-refractivity contribution in [2.45, 2.75) is 31.9 Å². The van der Waals surface area contributed by atoms with Crippen LogP contribution in [0, 0.1) is 0 Å². The highest BCUT2D eigenvalue weighted by molar-refractivity contribution is 7.89. The Morgan fingerprint density at radius 2 is 2.00 bits per heavy atom. The second-order valence-electron chi connectivity index (χ2n) is 4.58. The Hall–Kier alpha value is -0.890. The summed E-state index contributed by atoms with van der Waals surface area (Å²) >= 11 is 0. The third-order valence-corrected chi connectivity index (χ3v) is 4.29. The predicted octanol–water partition coefficient (Wildman–Crippen LogP) is 1.01. The summed E-state index contributed by atoms with van der Waals surface area (Å²) in [6, 6.07) is 3.15. The highest BCUT2D eigenvalue weighted by atomic mass is 32.2. The van der Waals surface area contributed by atoms with Crippen LogP contribution in [0.3, 0.4) is 0 Å². The highest BCUT2D eigenvalue weighted by Gasteiger charge is 2.18. The Morgan fingerprint density at radius 1 is 1.25 bits per heavy atom. The normalized spacial score (nSPS) is 12.2. The molecule has 0 bridgehead atoms. The number of hydrogen-bond acceptors (Lipinski definition) is 5. The van der Waals surface area contributed by atoms with Crippen molar-refractivity contribution in [3.05, 3.63) is 17.9 Å². The summed E-state index contributed by atoms with van der Waals surface area (Å²) in [7, 11) is -1.77. The summed E-state index contributed by atoms with van der Waals surface area (Å²) in [5, 5.41) is 2.89. The van der Waals surface area contributed by atoms with E-state index in [4.69, 9.17) is 4.42 Å². The molecule has 1 aromatic heterocycles. The molecule has 0 aliphatic heterocycles. The fourth-order valence-electron chi connectivity index (χ4n) is 1.93. The first-order chi connectivity index (χ1) is 9.53. The van der Waals surface area contributed by atoms with Crippen molar-refractivity contribution in [1.29, 1.82) is 0 Å². The van der Waals surface area contributed by atoms with E-state index in [1.807, 2.05) is 0 Å². The molecule has 0 aliphatic carbocycles. The third-order valence-electron chi connectivity index (χ3n) is 2.96. The Balaban J connectivity index is 2.52. The van der Waals surface area contributed by atoms with Gasteiger partial charge in [0, 0.05) is 13.1 Å². The lowest BCUT2D eigenvalue weighted by atomic mass is 10.4. The molecule has 6 nitrogen and oxygen atoms in total. The van der Waals surface area contributed by atoms with Crippen molar-refractivity contribution >= 4 is 10.0 Å². The maximum atomic E-state index is 12.0. The first-order valence-electron chi connectivity index (χ1n) is 6.98. The summed E-state index contributed by atoms with van der Waals surface area (Å²) in [5.41, 5.74) is 0. The molecular weight excluding hydrogens is 278 g/mol. The van der Waals surface area contributed by atoms with Crippen molar-refractivity contribution < 1.29 is 12.8 Å². The topological polar surface area (TPSA) is 74.6 Å². The molecule has 0 aliphatic rings. The molecule has 1 rings (SSSR count). The van der Waals surface area contributed by atoms with Gasteiger partial charge in [-0.25, -0.2) is 13.1 Å². The van der Waals surface area contributed by atoms with Crippen molar-refractivity contribution in [1.82, 2.24) is 14.9 Å². The quantitative estimate of drug-likeness (QED) is 0.675. The van der Waals surface area contributed by atoms with Crippen molar-refractivity contribution in [2.24, 2.45) is 0 Å². The molecule has 116 valence electrons. The van der Waals surface area contributed by atoms with Crippen LogP contribution in [0.5, 0.6) is 0 Å². The highest BCUT2D eigenvalue weighted by Crippen LogP contribution is 2.13. The number of nitrogens with zero attached hydrogens (tertiary/aromatic N) is 1. The van der Waals surface area contributed by atoms with E-state index in [1.165, 1.54) is 6.07 Å². The van der Waals surface area contributed by atoms with Gasteiger partial charge in [0.1, 0.15) is 5.76 Å². The van der Waals surface area contributed by atoms with E-state index < -0.39 is 10.0 Å². The molecule has 2 N–H and O–H groups in total. The van der Waals surface area contributed by atoms with E-state index in [9.17, 15) is 8.42 Å². The van der Waals surface area contributed by atoms with Gasteiger partial charge in [-0.1, -0.05) is 13.8 Å². The van der Waals surface area contributed by atoms with Gasteiger partial charge < -0.3 is 14.6 Å². The molecule has 7 heteroatoms. The minimum Gasteiger partial charge on any atom is -0.447 e. The molecule has 0 atom stereocenters. The molecule has 0 saturated carbocycles. The third kappa shape index (κ3) is 5.24. The number of furan rings is 1. The standard InChI is InChI=1S/C13H25N3O3S/c1-4-9-16(5-2)10-8-15-20(17,18)13-7-6-12(19-13)11-14-3/h6-7,14-15H,4-5,8-11H2,1-3H3. The maximum absolute atomic E-state index is 12.0. The fourth-order valence-corrected chi connectivity index (χ4v) is 2.89. The second kappa shape index (κ2) is 8.41. The van der Waals surface area contributed by atoms with Gasteiger partial charge >= 0.3 is 0 Å². The molecule has 0 fully saturated rings. The Bertz CT molecular complexity index is 485. The van der Waals surface area contributed by atoms with Crippen LogP contribution in [0.1, 0.15) is 26.0 Å². The van der Waals surface area contributed by atoms with Gasteiger partial charge in [0.05, 0.1) is 6.54 Å². The van der Waals surface area contributed by atoms with Gasteiger partial charge in [-0.3, -0.25) is 0 Å². The zero-order chi connectivity index (χ0) is 15.0. The maximum Gasteiger partial charge on any atom is 0.274 e. The zero-order valence-corrected chi connectivity index (χ0v) is 13.3. The van der Waals surface area contributed by atoms with Gasteiger partial charge in [0.2, 0.25) is 5.09 Å². The van der Waals surface area contributed by atoms with E-state index in [-0.39, 0.29) is 5.09 Å². The van der Waals surface area contributed by atoms with Gasteiger partial charge in [-0.15, -0.1) is 0 Å². The average Bonchev–Trinajstić information content (AvgIpc) is 2.87. The lowest BCUT2D eigenvalue weighted by Gasteiger charge is -2.19. The Kier molecular flexibility index (Phi) is 7.22. The van der Waals surface area contributed by atoms with Crippen LogP contribution in [0.2, 0.25) is 0 Å². The Morgan fingerprint density at radius 3 is 2.60 bits per heavy atom. The van der Waals surface area contributed by atoms with Crippen molar-refractivity contribution in [3.63, 3.8) is 0 Å². The van der Waals surface area contributed by atoms with Crippen LogP contribution in [0.4, 0.5) is 0 Å². The van der Waals surface area contributed by atoms with Gasteiger partial charge in [0.15, 0.2) is 0 Å². The van der Waals surface area contributed by atoms with E-state index in [1.54, 1.807) is 13.1 Å². The van der Waals surface area contributed by atoms with E-state index >= 15 is 0 Å². The number of likely N-dealkylation sites (N-methyl/N-ethyl adjacent to an activating group) is 1. The smallest absolute Gasteiger partial charge is 0.274 e. The van der Waals surface area contributed by atoms with Gasteiger partial charge in [-0.2, -0.15) is 0 Å². The largest absolute Gasteiger partial charge is 0.447 e. The molecule has 0 aromatic carbocycles. The van der Waals surface area contributed by atoms with Crippen LogP contribution in [0.25, 0.3) is 0 Å². The summed E-state index contributed by atoms with van der Waals surface area (Å²) < 4.78 is 31.9. The van der Waals surface area contributed by atoms with Crippen LogP contribution >= 0.6 is 0 Å². The summed E-state index contributed by atoms with van der Waals surface area (Å²) in [6.07, 6.45) is 1.06.